The molecule has 0 bridgehead atoms. The van der Waals surface area contributed by atoms with E-state index in [4.69, 9.17) is 4.74 Å². The van der Waals surface area contributed by atoms with Crippen molar-refractivity contribution in [3.8, 4) is 5.75 Å². The number of hydrogen-bond acceptors (Lipinski definition) is 2. The largest absolute Gasteiger partial charge is 0.463 e. The third kappa shape index (κ3) is 3.91. The molecule has 0 aliphatic heterocycles. The van der Waals surface area contributed by atoms with Gasteiger partial charge in [0.2, 0.25) is 6.86 Å². The van der Waals surface area contributed by atoms with Gasteiger partial charge in [-0.1, -0.05) is 31.9 Å². The number of halogens is 3. The van der Waals surface area contributed by atoms with Crippen molar-refractivity contribution in [2.75, 3.05) is 12.2 Å². The molecule has 0 aliphatic carbocycles. The van der Waals surface area contributed by atoms with E-state index in [1.165, 1.54) is 6.07 Å². The number of hydrogen-bond donors (Lipinski definition) is 0. The van der Waals surface area contributed by atoms with Crippen LogP contribution >= 0.6 is 31.9 Å². The lowest BCUT2D eigenvalue weighted by molar-refractivity contribution is 0.0989. The summed E-state index contributed by atoms with van der Waals surface area (Å²) >= 11 is 6.43. The maximum atomic E-state index is 12.0. The van der Waals surface area contributed by atoms with Gasteiger partial charge in [-0.2, -0.15) is 0 Å². The van der Waals surface area contributed by atoms with Crippen molar-refractivity contribution < 1.29 is 13.9 Å². The average Bonchev–Trinajstić information content (AvgIpc) is 2.17. The van der Waals surface area contributed by atoms with E-state index in [0.29, 0.717) is 27.5 Å². The molecule has 0 heterocycles. The second-order valence-electron chi connectivity index (χ2n) is 2.79. The Bertz CT molecular complexity index is 355. The molecule has 0 N–H and O–H groups in total. The summed E-state index contributed by atoms with van der Waals surface area (Å²) in [4.78, 5) is 11.6. The molecule has 82 valence electrons. The molecular weight excluding hydrogens is 331 g/mol. The Kier molecular flexibility index (Phi) is 5.25. The molecule has 0 aliphatic rings. The number of rotatable bonds is 5. The van der Waals surface area contributed by atoms with Crippen LogP contribution in [0.25, 0.3) is 0 Å². The van der Waals surface area contributed by atoms with E-state index in [1.54, 1.807) is 12.1 Å². The third-order valence-corrected chi connectivity index (χ3v) is 2.59. The summed E-state index contributed by atoms with van der Waals surface area (Å²) in [6, 6.07) is 4.84. The van der Waals surface area contributed by atoms with Crippen LogP contribution in [0.1, 0.15) is 16.8 Å². The van der Waals surface area contributed by atoms with Gasteiger partial charge < -0.3 is 4.74 Å². The van der Waals surface area contributed by atoms with Crippen molar-refractivity contribution in [1.29, 1.82) is 0 Å². The number of carbonyl (C=O) groups excluding carboxylic acids is 1. The Morgan fingerprint density at radius 2 is 2.13 bits per heavy atom. The third-order valence-electron chi connectivity index (χ3n) is 1.74. The summed E-state index contributed by atoms with van der Waals surface area (Å²) in [5.41, 5.74) is 0.521. The van der Waals surface area contributed by atoms with Crippen molar-refractivity contribution in [2.24, 2.45) is 0 Å². The van der Waals surface area contributed by atoms with Gasteiger partial charge in [0.05, 0.1) is 0 Å². The maximum absolute atomic E-state index is 12.0. The van der Waals surface area contributed by atoms with E-state index in [9.17, 15) is 9.18 Å². The first kappa shape index (κ1) is 12.6. The number of benzene rings is 1. The molecule has 0 atom stereocenters. The van der Waals surface area contributed by atoms with Crippen LogP contribution in [-0.2, 0) is 0 Å². The molecule has 0 saturated carbocycles. The summed E-state index contributed by atoms with van der Waals surface area (Å²) in [6.45, 7) is -0.900. The van der Waals surface area contributed by atoms with Crippen molar-refractivity contribution >= 4 is 37.6 Å². The zero-order valence-corrected chi connectivity index (χ0v) is 11.0. The summed E-state index contributed by atoms with van der Waals surface area (Å²) in [5, 5.41) is 0.609. The molecule has 0 radical (unpaired) electrons. The van der Waals surface area contributed by atoms with Gasteiger partial charge in [0.25, 0.3) is 0 Å². The number of Topliss-reactive ketones (excluding diaryl/α,β-unsaturated/α-hetero) is 1. The first-order valence-electron chi connectivity index (χ1n) is 4.26. The number of ether oxygens (including phenoxy) is 1. The van der Waals surface area contributed by atoms with E-state index in [1.807, 2.05) is 0 Å². The average molecular weight is 340 g/mol. The highest BCUT2D eigenvalue weighted by Gasteiger charge is 2.08. The highest BCUT2D eigenvalue weighted by Crippen LogP contribution is 2.22. The van der Waals surface area contributed by atoms with Gasteiger partial charge in [0.1, 0.15) is 5.75 Å². The molecule has 1 aromatic carbocycles. The van der Waals surface area contributed by atoms with E-state index in [-0.39, 0.29) is 5.78 Å². The lowest BCUT2D eigenvalue weighted by atomic mass is 10.1. The fourth-order valence-electron chi connectivity index (χ4n) is 1.10. The second-order valence-corrected chi connectivity index (χ2v) is 4.50. The fourth-order valence-corrected chi connectivity index (χ4v) is 1.93. The van der Waals surface area contributed by atoms with Crippen LogP contribution in [-0.4, -0.2) is 18.0 Å². The highest BCUT2D eigenvalue weighted by molar-refractivity contribution is 9.10. The highest BCUT2D eigenvalue weighted by atomic mass is 79.9. The summed E-state index contributed by atoms with van der Waals surface area (Å²) in [7, 11) is 0. The predicted octanol–water partition coefficient (Wildman–Crippen LogP) is 3.72. The van der Waals surface area contributed by atoms with Gasteiger partial charge in [0.15, 0.2) is 5.78 Å². The van der Waals surface area contributed by atoms with Gasteiger partial charge in [-0.05, 0) is 18.2 Å². The van der Waals surface area contributed by atoms with Crippen LogP contribution in [0.3, 0.4) is 0 Å². The molecule has 0 amide bonds. The quantitative estimate of drug-likeness (QED) is 0.603. The molecule has 0 unspecified atom stereocenters. The lowest BCUT2D eigenvalue weighted by Gasteiger charge is -2.05. The van der Waals surface area contributed by atoms with Crippen LogP contribution in [0, 0.1) is 0 Å². The molecule has 1 rings (SSSR count). The Hall–Kier alpha value is -0.420. The fraction of sp³-hybridized carbons (Fsp3) is 0.300. The first-order valence-corrected chi connectivity index (χ1v) is 6.17. The van der Waals surface area contributed by atoms with Crippen molar-refractivity contribution in [1.82, 2.24) is 0 Å². The van der Waals surface area contributed by atoms with Crippen LogP contribution in [0.15, 0.2) is 22.7 Å². The number of ketones is 1. The number of carbonyl (C=O) groups is 1. The van der Waals surface area contributed by atoms with Crippen LogP contribution < -0.4 is 4.74 Å². The molecule has 5 heteroatoms. The normalized spacial score (nSPS) is 10.1. The maximum Gasteiger partial charge on any atom is 0.228 e. The van der Waals surface area contributed by atoms with Gasteiger partial charge in [0, 0.05) is 21.8 Å². The van der Waals surface area contributed by atoms with Gasteiger partial charge in [-0.25, -0.2) is 4.39 Å². The molecule has 0 aromatic heterocycles. The molecule has 0 saturated heterocycles. The second kappa shape index (κ2) is 6.23. The molecule has 0 spiro atoms. The SMILES string of the molecule is O=C(CCBr)c1cc(Br)cc(OCF)c1. The minimum absolute atomic E-state index is 0.00289. The smallest absolute Gasteiger partial charge is 0.228 e. The molecule has 2 nitrogen and oxygen atoms in total. The molecule has 0 fully saturated rings. The van der Waals surface area contributed by atoms with E-state index < -0.39 is 6.86 Å². The van der Waals surface area contributed by atoms with Gasteiger partial charge in [-0.3, -0.25) is 4.79 Å². The zero-order chi connectivity index (χ0) is 11.3. The molecule has 1 aromatic rings. The summed E-state index contributed by atoms with van der Waals surface area (Å²) in [6.07, 6.45) is 0.408. The van der Waals surface area contributed by atoms with Crippen molar-refractivity contribution in [2.45, 2.75) is 6.42 Å². The van der Waals surface area contributed by atoms with E-state index >= 15 is 0 Å². The van der Waals surface area contributed by atoms with Crippen LogP contribution in [0.2, 0.25) is 0 Å². The number of alkyl halides is 2. The zero-order valence-electron chi connectivity index (χ0n) is 7.80. The topological polar surface area (TPSA) is 26.3 Å². The molecule has 15 heavy (non-hydrogen) atoms. The Labute approximate surface area is 104 Å². The monoisotopic (exact) mass is 338 g/mol. The Morgan fingerprint density at radius 1 is 1.40 bits per heavy atom. The predicted molar refractivity (Wildman–Crippen MR) is 63.5 cm³/mol. The Balaban J connectivity index is 2.92. The molecular formula is C10H9Br2FO2. The standard InChI is InChI=1S/C10H9Br2FO2/c11-2-1-10(14)7-3-8(12)5-9(4-7)15-6-13/h3-5H,1-2,6H2. The Morgan fingerprint density at radius 3 is 2.73 bits per heavy atom. The first-order chi connectivity index (χ1) is 7.17. The van der Waals surface area contributed by atoms with E-state index in [2.05, 4.69) is 31.9 Å². The minimum atomic E-state index is -0.900. The van der Waals surface area contributed by atoms with Crippen LogP contribution in [0.5, 0.6) is 5.75 Å². The lowest BCUT2D eigenvalue weighted by Crippen LogP contribution is -2.00. The van der Waals surface area contributed by atoms with Gasteiger partial charge in [-0.15, -0.1) is 0 Å². The van der Waals surface area contributed by atoms with Gasteiger partial charge >= 0.3 is 0 Å². The summed E-state index contributed by atoms with van der Waals surface area (Å²) in [5.74, 6) is 0.349. The van der Waals surface area contributed by atoms with Crippen LogP contribution in [0.4, 0.5) is 4.39 Å². The van der Waals surface area contributed by atoms with Crippen molar-refractivity contribution in [3.05, 3.63) is 28.2 Å². The minimum Gasteiger partial charge on any atom is -0.463 e. The van der Waals surface area contributed by atoms with Crippen molar-refractivity contribution in [3.63, 3.8) is 0 Å². The van der Waals surface area contributed by atoms with E-state index in [0.717, 1.165) is 0 Å². The summed E-state index contributed by atoms with van der Waals surface area (Å²) < 4.78 is 17.4.